The minimum absolute atomic E-state index is 0.197. The number of benzene rings is 1. The Labute approximate surface area is 107 Å². The maximum atomic E-state index is 12.4. The van der Waals surface area contributed by atoms with Crippen molar-refractivity contribution in [2.24, 2.45) is 11.8 Å². The largest absolute Gasteiger partial charge is 0.486 e. The van der Waals surface area contributed by atoms with Crippen LogP contribution in [0.25, 0.3) is 0 Å². The first-order chi connectivity index (χ1) is 8.74. The van der Waals surface area contributed by atoms with E-state index in [2.05, 4.69) is 6.92 Å². The van der Waals surface area contributed by atoms with Crippen molar-refractivity contribution in [3.05, 3.63) is 23.8 Å². The highest BCUT2D eigenvalue weighted by Gasteiger charge is 2.28. The van der Waals surface area contributed by atoms with Crippen LogP contribution in [-0.2, 0) is 0 Å². The van der Waals surface area contributed by atoms with Gasteiger partial charge in [-0.3, -0.25) is 4.79 Å². The van der Waals surface area contributed by atoms with Crippen LogP contribution in [0.3, 0.4) is 0 Å². The Morgan fingerprint density at radius 2 is 1.94 bits per heavy atom. The van der Waals surface area contributed by atoms with Gasteiger partial charge in [0.05, 0.1) is 0 Å². The molecular formula is C15H18O3. The second-order valence-corrected chi connectivity index (χ2v) is 5.34. The van der Waals surface area contributed by atoms with Crippen molar-refractivity contribution < 1.29 is 14.3 Å². The fourth-order valence-corrected chi connectivity index (χ4v) is 2.88. The summed E-state index contributed by atoms with van der Waals surface area (Å²) in [6.07, 6.45) is 3.21. The molecule has 96 valence electrons. The molecule has 2 atom stereocenters. The van der Waals surface area contributed by atoms with Crippen LogP contribution in [0, 0.1) is 11.8 Å². The topological polar surface area (TPSA) is 35.5 Å². The van der Waals surface area contributed by atoms with Crippen molar-refractivity contribution in [3.63, 3.8) is 0 Å². The summed E-state index contributed by atoms with van der Waals surface area (Å²) in [5, 5.41) is 0. The molecule has 1 aromatic carbocycles. The fourth-order valence-electron chi connectivity index (χ4n) is 2.88. The van der Waals surface area contributed by atoms with E-state index in [0.29, 0.717) is 24.9 Å². The van der Waals surface area contributed by atoms with Gasteiger partial charge in [0.2, 0.25) is 0 Å². The summed E-state index contributed by atoms with van der Waals surface area (Å²) < 4.78 is 11.0. The summed E-state index contributed by atoms with van der Waals surface area (Å²) in [7, 11) is 0. The summed E-state index contributed by atoms with van der Waals surface area (Å²) in [5.41, 5.74) is 0.762. The lowest BCUT2D eigenvalue weighted by Gasteiger charge is -2.19. The van der Waals surface area contributed by atoms with Gasteiger partial charge >= 0.3 is 0 Å². The third-order valence-electron chi connectivity index (χ3n) is 3.89. The lowest BCUT2D eigenvalue weighted by molar-refractivity contribution is 0.0919. The predicted octanol–water partition coefficient (Wildman–Crippen LogP) is 3.08. The molecule has 18 heavy (non-hydrogen) atoms. The highest BCUT2D eigenvalue weighted by atomic mass is 16.6. The van der Waals surface area contributed by atoms with Crippen molar-refractivity contribution in [1.82, 2.24) is 0 Å². The van der Waals surface area contributed by atoms with Gasteiger partial charge in [-0.25, -0.2) is 0 Å². The third kappa shape index (κ3) is 2.09. The Kier molecular flexibility index (Phi) is 2.98. The molecule has 0 spiro atoms. The zero-order valence-electron chi connectivity index (χ0n) is 10.6. The minimum atomic E-state index is 0.197. The highest BCUT2D eigenvalue weighted by Crippen LogP contribution is 2.35. The summed E-state index contributed by atoms with van der Waals surface area (Å²) in [5.74, 6) is 2.59. The van der Waals surface area contributed by atoms with Crippen LogP contribution in [0.15, 0.2) is 18.2 Å². The Balaban J connectivity index is 1.81. The van der Waals surface area contributed by atoms with Crippen LogP contribution < -0.4 is 9.47 Å². The van der Waals surface area contributed by atoms with E-state index in [1.807, 2.05) is 18.2 Å². The summed E-state index contributed by atoms with van der Waals surface area (Å²) in [4.78, 5) is 12.4. The SMILES string of the molecule is CC1CCC(C(=O)c2ccc3c(c2)OCCO3)C1. The van der Waals surface area contributed by atoms with Gasteiger partial charge in [0, 0.05) is 11.5 Å². The zero-order valence-corrected chi connectivity index (χ0v) is 10.6. The number of ketones is 1. The summed E-state index contributed by atoms with van der Waals surface area (Å²) in [6, 6.07) is 5.54. The molecule has 0 bridgehead atoms. The van der Waals surface area contributed by atoms with Gasteiger partial charge in [0.25, 0.3) is 0 Å². The molecule has 3 nitrogen and oxygen atoms in total. The molecule has 0 N–H and O–H groups in total. The molecule has 2 aliphatic rings. The monoisotopic (exact) mass is 246 g/mol. The lowest BCUT2D eigenvalue weighted by atomic mass is 9.95. The van der Waals surface area contributed by atoms with Crippen molar-refractivity contribution >= 4 is 5.78 Å². The average Bonchev–Trinajstić information content (AvgIpc) is 2.84. The second-order valence-electron chi connectivity index (χ2n) is 5.34. The molecule has 2 unspecified atom stereocenters. The first-order valence-electron chi connectivity index (χ1n) is 6.68. The summed E-state index contributed by atoms with van der Waals surface area (Å²) in [6.45, 7) is 3.36. The van der Waals surface area contributed by atoms with E-state index in [-0.39, 0.29) is 11.7 Å². The second kappa shape index (κ2) is 4.63. The number of fused-ring (bicyclic) bond motifs is 1. The quantitative estimate of drug-likeness (QED) is 0.752. The number of hydrogen-bond donors (Lipinski definition) is 0. The maximum Gasteiger partial charge on any atom is 0.166 e. The van der Waals surface area contributed by atoms with Crippen LogP contribution in [0.5, 0.6) is 11.5 Å². The van der Waals surface area contributed by atoms with Crippen molar-refractivity contribution in [2.45, 2.75) is 26.2 Å². The molecule has 1 aromatic rings. The van der Waals surface area contributed by atoms with E-state index in [0.717, 1.165) is 24.2 Å². The smallest absolute Gasteiger partial charge is 0.166 e. The average molecular weight is 246 g/mol. The van der Waals surface area contributed by atoms with E-state index in [1.54, 1.807) is 0 Å². The molecule has 1 fully saturated rings. The van der Waals surface area contributed by atoms with Crippen LogP contribution in [0.1, 0.15) is 36.5 Å². The Morgan fingerprint density at radius 3 is 2.67 bits per heavy atom. The van der Waals surface area contributed by atoms with Gasteiger partial charge < -0.3 is 9.47 Å². The molecule has 0 radical (unpaired) electrons. The van der Waals surface area contributed by atoms with Gasteiger partial charge in [-0.15, -0.1) is 0 Å². The van der Waals surface area contributed by atoms with Gasteiger partial charge in [0.1, 0.15) is 13.2 Å². The van der Waals surface area contributed by atoms with E-state index in [1.165, 1.54) is 6.42 Å². The number of carbonyl (C=O) groups is 1. The van der Waals surface area contributed by atoms with Crippen LogP contribution in [0.2, 0.25) is 0 Å². The molecule has 0 amide bonds. The summed E-state index contributed by atoms with van der Waals surface area (Å²) >= 11 is 0. The van der Waals surface area contributed by atoms with Gasteiger partial charge in [0.15, 0.2) is 17.3 Å². The highest BCUT2D eigenvalue weighted by molar-refractivity contribution is 5.98. The predicted molar refractivity (Wildman–Crippen MR) is 68.3 cm³/mol. The van der Waals surface area contributed by atoms with Gasteiger partial charge in [-0.05, 0) is 43.4 Å². The van der Waals surface area contributed by atoms with Gasteiger partial charge in [-0.1, -0.05) is 6.92 Å². The maximum absolute atomic E-state index is 12.4. The molecule has 3 rings (SSSR count). The van der Waals surface area contributed by atoms with Crippen LogP contribution >= 0.6 is 0 Å². The first kappa shape index (κ1) is 11.6. The zero-order chi connectivity index (χ0) is 12.5. The molecule has 1 aliphatic carbocycles. The molecule has 0 saturated heterocycles. The Morgan fingerprint density at radius 1 is 1.17 bits per heavy atom. The number of ether oxygens (including phenoxy) is 2. The molecule has 0 aromatic heterocycles. The molecule has 1 heterocycles. The van der Waals surface area contributed by atoms with Crippen molar-refractivity contribution in [2.75, 3.05) is 13.2 Å². The normalized spacial score (nSPS) is 26.1. The number of hydrogen-bond acceptors (Lipinski definition) is 3. The molecular weight excluding hydrogens is 228 g/mol. The Hall–Kier alpha value is -1.51. The third-order valence-corrected chi connectivity index (χ3v) is 3.89. The van der Waals surface area contributed by atoms with E-state index in [9.17, 15) is 4.79 Å². The van der Waals surface area contributed by atoms with Crippen LogP contribution in [-0.4, -0.2) is 19.0 Å². The fraction of sp³-hybridized carbons (Fsp3) is 0.533. The molecule has 1 aliphatic heterocycles. The standard InChI is InChI=1S/C15H18O3/c1-10-2-3-11(8-10)15(16)12-4-5-13-14(9-12)18-7-6-17-13/h4-5,9-11H,2-3,6-8H2,1H3. The van der Waals surface area contributed by atoms with Crippen LogP contribution in [0.4, 0.5) is 0 Å². The molecule has 3 heteroatoms. The van der Waals surface area contributed by atoms with Crippen molar-refractivity contribution in [1.29, 1.82) is 0 Å². The van der Waals surface area contributed by atoms with Crippen molar-refractivity contribution in [3.8, 4) is 11.5 Å². The Bertz CT molecular complexity index is 467. The van der Waals surface area contributed by atoms with E-state index >= 15 is 0 Å². The number of carbonyl (C=O) groups excluding carboxylic acids is 1. The lowest BCUT2D eigenvalue weighted by Crippen LogP contribution is -2.17. The molecule has 1 saturated carbocycles. The van der Waals surface area contributed by atoms with E-state index in [4.69, 9.17) is 9.47 Å². The van der Waals surface area contributed by atoms with Gasteiger partial charge in [-0.2, -0.15) is 0 Å². The number of Topliss-reactive ketones (excluding diaryl/α,β-unsaturated/α-hetero) is 1. The number of rotatable bonds is 2. The minimum Gasteiger partial charge on any atom is -0.486 e. The van der Waals surface area contributed by atoms with E-state index < -0.39 is 0 Å². The first-order valence-corrected chi connectivity index (χ1v) is 6.68.